The summed E-state index contributed by atoms with van der Waals surface area (Å²) in [5.41, 5.74) is 1.01. The first-order valence-electron chi connectivity index (χ1n) is 4.04. The molecule has 0 atom stereocenters. The Hall–Kier alpha value is -1.28. The van der Waals surface area contributed by atoms with Crippen molar-refractivity contribution in [3.05, 3.63) is 35.6 Å². The van der Waals surface area contributed by atoms with Crippen molar-refractivity contribution < 1.29 is 0 Å². The Morgan fingerprint density at radius 1 is 1.31 bits per heavy atom. The number of nitrogens with zero attached hydrogens (tertiary/aromatic N) is 1. The van der Waals surface area contributed by atoms with Gasteiger partial charge in [-0.15, -0.1) is 0 Å². The quantitative estimate of drug-likeness (QED) is 0.703. The first-order chi connectivity index (χ1) is 6.33. The summed E-state index contributed by atoms with van der Waals surface area (Å²) < 4.78 is 0. The van der Waals surface area contributed by atoms with Crippen molar-refractivity contribution in [3.63, 3.8) is 0 Å². The van der Waals surface area contributed by atoms with E-state index in [1.165, 1.54) is 0 Å². The van der Waals surface area contributed by atoms with Crippen LogP contribution in [0.4, 0.5) is 5.69 Å². The Labute approximate surface area is 81.6 Å². The minimum Gasteiger partial charge on any atom is -0.388 e. The van der Waals surface area contributed by atoms with E-state index in [4.69, 9.17) is 11.6 Å². The number of anilines is 1. The highest BCUT2D eigenvalue weighted by Gasteiger charge is 2.03. The van der Waals surface area contributed by atoms with Gasteiger partial charge in [-0.25, -0.2) is 4.98 Å². The van der Waals surface area contributed by atoms with Crippen LogP contribution in [0.15, 0.2) is 30.5 Å². The molecular weight excluding hydrogens is 184 g/mol. The summed E-state index contributed by atoms with van der Waals surface area (Å²) >= 11 is 5.99. The molecule has 2 aromatic rings. The Bertz CT molecular complexity index is 435. The molecule has 66 valence electrons. The maximum absolute atomic E-state index is 5.99. The molecule has 0 spiro atoms. The number of halogens is 1. The number of fused-ring (bicyclic) bond motifs is 1. The van der Waals surface area contributed by atoms with E-state index < -0.39 is 0 Å². The van der Waals surface area contributed by atoms with Crippen LogP contribution in [0, 0.1) is 0 Å². The Kier molecular flexibility index (Phi) is 2.07. The molecule has 0 bridgehead atoms. The third-order valence-electron chi connectivity index (χ3n) is 2.01. The second-order valence-corrected chi connectivity index (χ2v) is 3.11. The summed E-state index contributed by atoms with van der Waals surface area (Å²) in [6.07, 6.45) is 1.71. The third kappa shape index (κ3) is 1.33. The van der Waals surface area contributed by atoms with E-state index in [0.29, 0.717) is 5.15 Å². The number of nitrogens with one attached hydrogen (secondary N) is 1. The van der Waals surface area contributed by atoms with Gasteiger partial charge in [0.15, 0.2) is 0 Å². The van der Waals surface area contributed by atoms with Gasteiger partial charge in [0, 0.05) is 24.3 Å². The fourth-order valence-corrected chi connectivity index (χ4v) is 1.66. The number of hydrogen-bond donors (Lipinski definition) is 1. The van der Waals surface area contributed by atoms with Crippen molar-refractivity contribution in [2.24, 2.45) is 0 Å². The fraction of sp³-hybridized carbons (Fsp3) is 0.100. The van der Waals surface area contributed by atoms with E-state index in [1.54, 1.807) is 6.20 Å². The van der Waals surface area contributed by atoms with E-state index in [2.05, 4.69) is 10.3 Å². The first-order valence-corrected chi connectivity index (χ1v) is 4.41. The molecule has 1 N–H and O–H groups in total. The predicted octanol–water partition coefficient (Wildman–Crippen LogP) is 2.93. The molecule has 1 aromatic carbocycles. The molecule has 0 fully saturated rings. The van der Waals surface area contributed by atoms with Crippen LogP contribution in [0.3, 0.4) is 0 Å². The van der Waals surface area contributed by atoms with E-state index in [9.17, 15) is 0 Å². The smallest absolute Gasteiger partial charge is 0.138 e. The van der Waals surface area contributed by atoms with Crippen molar-refractivity contribution in [1.82, 2.24) is 4.98 Å². The van der Waals surface area contributed by atoms with Crippen LogP contribution in [0.1, 0.15) is 0 Å². The molecule has 1 aromatic heterocycles. The second kappa shape index (κ2) is 3.23. The Morgan fingerprint density at radius 2 is 2.15 bits per heavy atom. The molecule has 0 aliphatic heterocycles. The molecule has 3 heteroatoms. The summed E-state index contributed by atoms with van der Waals surface area (Å²) in [5.74, 6) is 0. The zero-order valence-corrected chi connectivity index (χ0v) is 7.97. The highest BCUT2D eigenvalue weighted by molar-refractivity contribution is 6.35. The molecule has 1 heterocycles. The highest BCUT2D eigenvalue weighted by atomic mass is 35.5. The van der Waals surface area contributed by atoms with E-state index in [0.717, 1.165) is 16.5 Å². The van der Waals surface area contributed by atoms with Gasteiger partial charge < -0.3 is 5.32 Å². The van der Waals surface area contributed by atoms with Crippen molar-refractivity contribution in [1.29, 1.82) is 0 Å². The molecule has 0 saturated carbocycles. The van der Waals surface area contributed by atoms with Gasteiger partial charge in [-0.1, -0.05) is 23.7 Å². The van der Waals surface area contributed by atoms with Crippen LogP contribution in [0.25, 0.3) is 10.8 Å². The molecule has 13 heavy (non-hydrogen) atoms. The van der Waals surface area contributed by atoms with Crippen molar-refractivity contribution in [2.45, 2.75) is 0 Å². The highest BCUT2D eigenvalue weighted by Crippen LogP contribution is 2.27. The van der Waals surface area contributed by atoms with Crippen LogP contribution >= 0.6 is 11.6 Å². The molecule has 0 unspecified atom stereocenters. The molecular formula is C10H9ClN2. The summed E-state index contributed by atoms with van der Waals surface area (Å²) in [7, 11) is 1.87. The summed E-state index contributed by atoms with van der Waals surface area (Å²) in [6, 6.07) is 7.94. The normalized spacial score (nSPS) is 10.3. The van der Waals surface area contributed by atoms with Gasteiger partial charge in [-0.3, -0.25) is 0 Å². The van der Waals surface area contributed by atoms with Crippen LogP contribution in [0.5, 0.6) is 0 Å². The number of aromatic nitrogens is 1. The van der Waals surface area contributed by atoms with Crippen LogP contribution in [-0.4, -0.2) is 12.0 Å². The molecule has 2 nitrogen and oxygen atoms in total. The van der Waals surface area contributed by atoms with Gasteiger partial charge in [0.2, 0.25) is 0 Å². The molecule has 0 amide bonds. The lowest BCUT2D eigenvalue weighted by molar-refractivity contribution is 1.36. The van der Waals surface area contributed by atoms with Crippen LogP contribution in [0.2, 0.25) is 5.15 Å². The van der Waals surface area contributed by atoms with Gasteiger partial charge >= 0.3 is 0 Å². The molecule has 0 saturated heterocycles. The SMILES string of the molecule is CNc1cccc2ccnc(Cl)c12. The zero-order chi connectivity index (χ0) is 9.26. The van der Waals surface area contributed by atoms with E-state index in [1.807, 2.05) is 31.3 Å². The van der Waals surface area contributed by atoms with Gasteiger partial charge in [0.25, 0.3) is 0 Å². The fourth-order valence-electron chi connectivity index (χ4n) is 1.40. The zero-order valence-electron chi connectivity index (χ0n) is 7.21. The minimum atomic E-state index is 0.544. The minimum absolute atomic E-state index is 0.544. The standard InChI is InChI=1S/C10H9ClN2/c1-12-8-4-2-3-7-5-6-13-10(11)9(7)8/h2-6,12H,1H3. The van der Waals surface area contributed by atoms with E-state index in [-0.39, 0.29) is 0 Å². The molecule has 0 aliphatic carbocycles. The second-order valence-electron chi connectivity index (χ2n) is 2.76. The molecule has 2 rings (SSSR count). The van der Waals surface area contributed by atoms with Crippen LogP contribution in [-0.2, 0) is 0 Å². The van der Waals surface area contributed by atoms with Gasteiger partial charge in [0.05, 0.1) is 0 Å². The maximum Gasteiger partial charge on any atom is 0.138 e. The number of benzene rings is 1. The average Bonchev–Trinajstić information content (AvgIpc) is 2.17. The molecule has 0 aliphatic rings. The van der Waals surface area contributed by atoms with Crippen molar-refractivity contribution in [3.8, 4) is 0 Å². The topological polar surface area (TPSA) is 24.9 Å². The predicted molar refractivity (Wildman–Crippen MR) is 56.3 cm³/mol. The third-order valence-corrected chi connectivity index (χ3v) is 2.30. The van der Waals surface area contributed by atoms with Crippen molar-refractivity contribution in [2.75, 3.05) is 12.4 Å². The monoisotopic (exact) mass is 192 g/mol. The van der Waals surface area contributed by atoms with Crippen molar-refractivity contribution >= 4 is 28.1 Å². The number of pyridine rings is 1. The maximum atomic E-state index is 5.99. The van der Waals surface area contributed by atoms with E-state index >= 15 is 0 Å². The van der Waals surface area contributed by atoms with Gasteiger partial charge in [-0.05, 0) is 17.5 Å². The lowest BCUT2D eigenvalue weighted by Gasteiger charge is -2.05. The Morgan fingerprint density at radius 3 is 2.92 bits per heavy atom. The van der Waals surface area contributed by atoms with Gasteiger partial charge in [0.1, 0.15) is 5.15 Å². The first kappa shape index (κ1) is 8.32. The largest absolute Gasteiger partial charge is 0.388 e. The van der Waals surface area contributed by atoms with Crippen LogP contribution < -0.4 is 5.32 Å². The summed E-state index contributed by atoms with van der Waals surface area (Å²) in [4.78, 5) is 4.04. The number of hydrogen-bond acceptors (Lipinski definition) is 2. The summed E-state index contributed by atoms with van der Waals surface area (Å²) in [6.45, 7) is 0. The average molecular weight is 193 g/mol. The molecule has 0 radical (unpaired) electrons. The lowest BCUT2D eigenvalue weighted by Crippen LogP contribution is -1.90. The lowest BCUT2D eigenvalue weighted by atomic mass is 10.1. The van der Waals surface area contributed by atoms with Gasteiger partial charge in [-0.2, -0.15) is 0 Å². The summed E-state index contributed by atoms with van der Waals surface area (Å²) in [5, 5.41) is 5.71. The Balaban J connectivity index is 2.87. The number of rotatable bonds is 1.